The summed E-state index contributed by atoms with van der Waals surface area (Å²) in [5.41, 5.74) is 8.21. The van der Waals surface area contributed by atoms with Crippen molar-refractivity contribution < 1.29 is 0 Å². The van der Waals surface area contributed by atoms with Crippen LogP contribution in [-0.2, 0) is 0 Å². The van der Waals surface area contributed by atoms with Crippen LogP contribution in [0, 0.1) is 5.41 Å². The molecule has 52 valence electrons. The van der Waals surface area contributed by atoms with E-state index in [0.29, 0.717) is 6.54 Å². The molecule has 3 heteroatoms. The minimum Gasteiger partial charge on any atom is -0.0940 e. The molecule has 0 saturated carbocycles. The van der Waals surface area contributed by atoms with E-state index in [1.807, 2.05) is 0 Å². The third-order valence-corrected chi connectivity index (χ3v) is 1.03. The summed E-state index contributed by atoms with van der Waals surface area (Å²) in [6.45, 7) is 6.99. The summed E-state index contributed by atoms with van der Waals surface area (Å²) in [6.07, 6.45) is 0.955. The zero-order chi connectivity index (χ0) is 7.33. The van der Waals surface area contributed by atoms with Crippen LogP contribution >= 0.6 is 0 Å². The maximum absolute atomic E-state index is 7.92. The van der Waals surface area contributed by atoms with Crippen molar-refractivity contribution in [1.29, 1.82) is 0 Å². The number of azide groups is 1. The van der Waals surface area contributed by atoms with E-state index >= 15 is 0 Å². The maximum atomic E-state index is 7.92. The van der Waals surface area contributed by atoms with Gasteiger partial charge in [0.25, 0.3) is 0 Å². The third-order valence-electron chi connectivity index (χ3n) is 1.03. The minimum absolute atomic E-state index is 0.286. The third kappa shape index (κ3) is 7.31. The SMILES string of the molecule is CC(C)(C)CCN=[N+]=[N-]. The Labute approximate surface area is 55.7 Å². The highest BCUT2D eigenvalue weighted by Crippen LogP contribution is 2.17. The van der Waals surface area contributed by atoms with E-state index in [0.717, 1.165) is 6.42 Å². The van der Waals surface area contributed by atoms with Gasteiger partial charge < -0.3 is 0 Å². The molecule has 0 saturated heterocycles. The zero-order valence-electron chi connectivity index (χ0n) is 6.26. The van der Waals surface area contributed by atoms with Crippen molar-refractivity contribution >= 4 is 0 Å². The molecule has 0 amide bonds. The van der Waals surface area contributed by atoms with Crippen LogP contribution in [0.4, 0.5) is 0 Å². The fourth-order valence-electron chi connectivity index (χ4n) is 0.430. The molecule has 9 heavy (non-hydrogen) atoms. The van der Waals surface area contributed by atoms with E-state index in [9.17, 15) is 0 Å². The van der Waals surface area contributed by atoms with Gasteiger partial charge in [0.15, 0.2) is 0 Å². The van der Waals surface area contributed by atoms with Crippen LogP contribution in [0.15, 0.2) is 5.11 Å². The van der Waals surface area contributed by atoms with E-state index in [1.54, 1.807) is 0 Å². The lowest BCUT2D eigenvalue weighted by atomic mass is 9.93. The van der Waals surface area contributed by atoms with E-state index in [4.69, 9.17) is 5.53 Å². The summed E-state index contributed by atoms with van der Waals surface area (Å²) in [5, 5.41) is 3.44. The number of hydrogen-bond acceptors (Lipinski definition) is 1. The Morgan fingerprint density at radius 2 is 2.00 bits per heavy atom. The molecule has 0 rings (SSSR count). The first-order chi connectivity index (χ1) is 4.06. The smallest absolute Gasteiger partial charge is 0.0262 e. The van der Waals surface area contributed by atoms with Crippen molar-refractivity contribution in [2.24, 2.45) is 10.5 Å². The van der Waals surface area contributed by atoms with Crippen LogP contribution in [-0.4, -0.2) is 6.54 Å². The van der Waals surface area contributed by atoms with Gasteiger partial charge in [-0.25, -0.2) is 0 Å². The summed E-state index contributed by atoms with van der Waals surface area (Å²) in [5.74, 6) is 0. The van der Waals surface area contributed by atoms with Crippen LogP contribution < -0.4 is 0 Å². The minimum atomic E-state index is 0.286. The van der Waals surface area contributed by atoms with Crippen molar-refractivity contribution in [1.82, 2.24) is 0 Å². The summed E-state index contributed by atoms with van der Waals surface area (Å²) in [7, 11) is 0. The Hall–Kier alpha value is -0.690. The van der Waals surface area contributed by atoms with Gasteiger partial charge in [0, 0.05) is 11.5 Å². The molecule has 0 N–H and O–H groups in total. The molecule has 0 heterocycles. The van der Waals surface area contributed by atoms with E-state index in [2.05, 4.69) is 30.8 Å². The predicted molar refractivity (Wildman–Crippen MR) is 38.1 cm³/mol. The zero-order valence-corrected chi connectivity index (χ0v) is 6.26. The number of rotatable bonds is 2. The van der Waals surface area contributed by atoms with Crippen LogP contribution in [0.5, 0.6) is 0 Å². The molecule has 0 aliphatic heterocycles. The molecule has 0 fully saturated rings. The lowest BCUT2D eigenvalue weighted by Gasteiger charge is -2.15. The molecule has 0 bridgehead atoms. The Kier molecular flexibility index (Phi) is 3.10. The van der Waals surface area contributed by atoms with Gasteiger partial charge in [-0.3, -0.25) is 0 Å². The second-order valence-electron chi connectivity index (χ2n) is 3.27. The molecule has 0 aliphatic rings. The van der Waals surface area contributed by atoms with Crippen molar-refractivity contribution in [3.63, 3.8) is 0 Å². The molecule has 3 nitrogen and oxygen atoms in total. The van der Waals surface area contributed by atoms with Gasteiger partial charge >= 0.3 is 0 Å². The highest BCUT2D eigenvalue weighted by molar-refractivity contribution is 4.62. The first-order valence-corrected chi connectivity index (χ1v) is 3.07. The van der Waals surface area contributed by atoms with Gasteiger partial charge in [-0.1, -0.05) is 25.9 Å². The summed E-state index contributed by atoms with van der Waals surface area (Å²) in [4.78, 5) is 2.66. The second-order valence-corrected chi connectivity index (χ2v) is 3.27. The highest BCUT2D eigenvalue weighted by atomic mass is 15.1. The monoisotopic (exact) mass is 127 g/mol. The quantitative estimate of drug-likeness (QED) is 0.311. The van der Waals surface area contributed by atoms with Gasteiger partial charge in [-0.2, -0.15) is 0 Å². The molecular weight excluding hydrogens is 114 g/mol. The molecule has 0 atom stereocenters. The van der Waals surface area contributed by atoms with Crippen LogP contribution in [0.1, 0.15) is 27.2 Å². The molecule has 0 radical (unpaired) electrons. The first-order valence-electron chi connectivity index (χ1n) is 3.07. The Balaban J connectivity index is 3.39. The molecule has 0 aromatic heterocycles. The predicted octanol–water partition coefficient (Wildman–Crippen LogP) is 2.73. The molecule has 0 aromatic rings. The number of hydrogen-bond donors (Lipinski definition) is 0. The Morgan fingerprint density at radius 3 is 2.33 bits per heavy atom. The molecule has 0 aromatic carbocycles. The first kappa shape index (κ1) is 8.31. The summed E-state index contributed by atoms with van der Waals surface area (Å²) in [6, 6.07) is 0. The molecule has 0 unspecified atom stereocenters. The van der Waals surface area contributed by atoms with Crippen molar-refractivity contribution in [2.45, 2.75) is 27.2 Å². The van der Waals surface area contributed by atoms with Gasteiger partial charge in [-0.05, 0) is 17.4 Å². The Morgan fingerprint density at radius 1 is 1.44 bits per heavy atom. The lowest BCUT2D eigenvalue weighted by molar-refractivity contribution is 0.384. The maximum Gasteiger partial charge on any atom is 0.0262 e. The Bertz CT molecular complexity index is 117. The second kappa shape index (κ2) is 3.36. The van der Waals surface area contributed by atoms with E-state index < -0.39 is 0 Å². The van der Waals surface area contributed by atoms with Crippen molar-refractivity contribution in [3.8, 4) is 0 Å². The highest BCUT2D eigenvalue weighted by Gasteiger charge is 2.07. The van der Waals surface area contributed by atoms with Gasteiger partial charge in [-0.15, -0.1) is 0 Å². The molecule has 0 spiro atoms. The number of nitrogens with zero attached hydrogens (tertiary/aromatic N) is 3. The van der Waals surface area contributed by atoms with E-state index in [1.165, 1.54) is 0 Å². The van der Waals surface area contributed by atoms with Crippen LogP contribution in [0.25, 0.3) is 10.4 Å². The van der Waals surface area contributed by atoms with Crippen LogP contribution in [0.3, 0.4) is 0 Å². The standard InChI is InChI=1S/C6H13N3/c1-6(2,3)4-5-8-9-7/h4-5H2,1-3H3. The molecule has 0 aliphatic carbocycles. The fraction of sp³-hybridized carbons (Fsp3) is 1.00. The van der Waals surface area contributed by atoms with Gasteiger partial charge in [0.05, 0.1) is 0 Å². The average molecular weight is 127 g/mol. The normalized spacial score (nSPS) is 10.6. The fourth-order valence-corrected chi connectivity index (χ4v) is 0.430. The molecular formula is C6H13N3. The van der Waals surface area contributed by atoms with Crippen molar-refractivity contribution in [2.75, 3.05) is 6.54 Å². The summed E-state index contributed by atoms with van der Waals surface area (Å²) < 4.78 is 0. The van der Waals surface area contributed by atoms with Crippen LogP contribution in [0.2, 0.25) is 0 Å². The van der Waals surface area contributed by atoms with E-state index in [-0.39, 0.29) is 5.41 Å². The summed E-state index contributed by atoms with van der Waals surface area (Å²) >= 11 is 0. The van der Waals surface area contributed by atoms with Gasteiger partial charge in [0.2, 0.25) is 0 Å². The average Bonchev–Trinajstić information content (AvgIpc) is 1.63. The largest absolute Gasteiger partial charge is 0.0940 e. The topological polar surface area (TPSA) is 48.8 Å². The van der Waals surface area contributed by atoms with Gasteiger partial charge in [0.1, 0.15) is 0 Å². The van der Waals surface area contributed by atoms with Crippen molar-refractivity contribution in [3.05, 3.63) is 10.4 Å². The lowest BCUT2D eigenvalue weighted by Crippen LogP contribution is -2.05.